The fraction of sp³-hybridized carbons (Fsp3) is 0. The molecule has 0 aromatic heterocycles. The van der Waals surface area contributed by atoms with Crippen LogP contribution < -0.4 is 10.9 Å². The van der Waals surface area contributed by atoms with Gasteiger partial charge < -0.3 is 10.2 Å². The third kappa shape index (κ3) is 3.00. The minimum atomic E-state index is -0.571. The molecule has 3 rings (SSSR count). The quantitative estimate of drug-likeness (QED) is 0.437. The Kier molecular flexibility index (Phi) is 3.95. The van der Waals surface area contributed by atoms with Gasteiger partial charge in [-0.05, 0) is 30.3 Å². The van der Waals surface area contributed by atoms with Crippen molar-refractivity contribution >= 4 is 34.0 Å². The Hall–Kier alpha value is -2.92. The fourth-order valence-corrected chi connectivity index (χ4v) is 2.37. The van der Waals surface area contributed by atoms with Crippen LogP contribution in [-0.4, -0.2) is 16.1 Å². The number of rotatable bonds is 3. The molecule has 0 radical (unpaired) electrons. The molecule has 23 heavy (non-hydrogen) atoms. The molecule has 0 spiro atoms. The van der Waals surface area contributed by atoms with Crippen LogP contribution in [0.4, 0.5) is 5.69 Å². The minimum absolute atomic E-state index is 0.0253. The van der Waals surface area contributed by atoms with E-state index in [4.69, 9.17) is 11.6 Å². The number of amides is 1. The molecule has 4 N–H and O–H groups in total. The van der Waals surface area contributed by atoms with Gasteiger partial charge in [-0.2, -0.15) is 0 Å². The smallest absolute Gasteiger partial charge is 0.273 e. The molecule has 116 valence electrons. The van der Waals surface area contributed by atoms with E-state index in [-0.39, 0.29) is 17.1 Å². The molecule has 6 heteroatoms. The molecule has 3 aromatic rings. The van der Waals surface area contributed by atoms with Crippen LogP contribution in [0.1, 0.15) is 10.4 Å². The van der Waals surface area contributed by atoms with Crippen LogP contribution in [-0.2, 0) is 0 Å². The van der Waals surface area contributed by atoms with Crippen molar-refractivity contribution in [1.82, 2.24) is 5.43 Å². The summed E-state index contributed by atoms with van der Waals surface area (Å²) in [6.07, 6.45) is 0. The molecule has 0 aliphatic rings. The summed E-state index contributed by atoms with van der Waals surface area (Å²) in [5.74, 6) is -0.831. The van der Waals surface area contributed by atoms with Crippen molar-refractivity contribution in [1.29, 1.82) is 0 Å². The number of fused-ring (bicyclic) bond motifs is 1. The molecule has 0 saturated heterocycles. The lowest BCUT2D eigenvalue weighted by molar-refractivity contribution is 0.0960. The van der Waals surface area contributed by atoms with Gasteiger partial charge >= 0.3 is 0 Å². The van der Waals surface area contributed by atoms with Crippen molar-refractivity contribution in [2.24, 2.45) is 0 Å². The predicted octanol–water partition coefficient (Wildman–Crippen LogP) is 3.66. The van der Waals surface area contributed by atoms with Crippen LogP contribution in [0.5, 0.6) is 11.5 Å². The van der Waals surface area contributed by atoms with Crippen molar-refractivity contribution in [2.75, 3.05) is 5.43 Å². The van der Waals surface area contributed by atoms with Crippen molar-refractivity contribution in [3.8, 4) is 11.5 Å². The first-order chi connectivity index (χ1) is 11.1. The van der Waals surface area contributed by atoms with E-state index in [1.807, 2.05) is 0 Å². The maximum Gasteiger partial charge on any atom is 0.273 e. The maximum absolute atomic E-state index is 12.2. The molecule has 0 bridgehead atoms. The number of hydrogen-bond donors (Lipinski definition) is 4. The number of anilines is 1. The molecule has 0 aliphatic heterocycles. The molecule has 0 saturated carbocycles. The number of carbonyl (C=O) groups excluding carboxylic acids is 1. The number of carbonyl (C=O) groups is 1. The number of phenolic OH excluding ortho intramolecular Hbond substituents is 2. The second kappa shape index (κ2) is 6.06. The van der Waals surface area contributed by atoms with E-state index < -0.39 is 5.91 Å². The van der Waals surface area contributed by atoms with E-state index in [9.17, 15) is 15.0 Å². The summed E-state index contributed by atoms with van der Waals surface area (Å²) in [4.78, 5) is 12.2. The van der Waals surface area contributed by atoms with Crippen molar-refractivity contribution in [3.05, 3.63) is 65.2 Å². The summed E-state index contributed by atoms with van der Waals surface area (Å²) >= 11 is 5.79. The molecule has 0 fully saturated rings. The minimum Gasteiger partial charge on any atom is -0.507 e. The van der Waals surface area contributed by atoms with Crippen LogP contribution in [0.25, 0.3) is 10.8 Å². The highest BCUT2D eigenvalue weighted by atomic mass is 35.5. The number of benzene rings is 3. The molecular weight excluding hydrogens is 316 g/mol. The van der Waals surface area contributed by atoms with Crippen LogP contribution in [0.15, 0.2) is 54.6 Å². The molecule has 0 atom stereocenters. The Morgan fingerprint density at radius 2 is 1.61 bits per heavy atom. The van der Waals surface area contributed by atoms with Crippen molar-refractivity contribution in [2.45, 2.75) is 0 Å². The average Bonchev–Trinajstić information content (AvgIpc) is 2.57. The second-order valence-electron chi connectivity index (χ2n) is 4.92. The molecule has 0 aliphatic carbocycles. The first-order valence-electron chi connectivity index (χ1n) is 6.82. The summed E-state index contributed by atoms with van der Waals surface area (Å²) in [5.41, 5.74) is 5.78. The molecule has 0 heterocycles. The summed E-state index contributed by atoms with van der Waals surface area (Å²) in [5, 5.41) is 21.7. The zero-order chi connectivity index (χ0) is 16.4. The highest BCUT2D eigenvalue weighted by Gasteiger charge is 2.16. The van der Waals surface area contributed by atoms with Crippen LogP contribution in [0.3, 0.4) is 0 Å². The number of hydrazine groups is 1. The van der Waals surface area contributed by atoms with Crippen molar-refractivity contribution < 1.29 is 15.0 Å². The lowest BCUT2D eigenvalue weighted by atomic mass is 10.0. The first kappa shape index (κ1) is 15.0. The number of aromatic hydroxyl groups is 2. The average molecular weight is 329 g/mol. The van der Waals surface area contributed by atoms with Gasteiger partial charge in [-0.1, -0.05) is 35.9 Å². The topological polar surface area (TPSA) is 81.6 Å². The third-order valence-corrected chi connectivity index (χ3v) is 3.66. The lowest BCUT2D eigenvalue weighted by Crippen LogP contribution is -2.29. The molecular formula is C17H13ClN2O3. The van der Waals surface area contributed by atoms with E-state index in [1.54, 1.807) is 48.5 Å². The predicted molar refractivity (Wildman–Crippen MR) is 89.8 cm³/mol. The van der Waals surface area contributed by atoms with Crippen LogP contribution >= 0.6 is 11.6 Å². The Balaban J connectivity index is 1.86. The SMILES string of the molecule is O=C(NNc1ccc(Cl)cc1)c1cc(O)c2ccccc2c1O. The van der Waals surface area contributed by atoms with Gasteiger partial charge in [-0.15, -0.1) is 0 Å². The van der Waals surface area contributed by atoms with Gasteiger partial charge in [0.2, 0.25) is 0 Å². The highest BCUT2D eigenvalue weighted by Crippen LogP contribution is 2.35. The molecule has 3 aromatic carbocycles. The van der Waals surface area contributed by atoms with E-state index in [0.717, 1.165) is 0 Å². The maximum atomic E-state index is 12.2. The van der Waals surface area contributed by atoms with E-state index in [2.05, 4.69) is 10.9 Å². The van der Waals surface area contributed by atoms with Crippen LogP contribution in [0.2, 0.25) is 5.02 Å². The van der Waals surface area contributed by atoms with Gasteiger partial charge in [0.05, 0.1) is 11.3 Å². The summed E-state index contributed by atoms with van der Waals surface area (Å²) in [6.45, 7) is 0. The van der Waals surface area contributed by atoms with E-state index in [0.29, 0.717) is 21.5 Å². The number of phenols is 2. The molecule has 5 nitrogen and oxygen atoms in total. The van der Waals surface area contributed by atoms with E-state index >= 15 is 0 Å². The monoisotopic (exact) mass is 328 g/mol. The third-order valence-electron chi connectivity index (χ3n) is 3.40. The van der Waals surface area contributed by atoms with Crippen molar-refractivity contribution in [3.63, 3.8) is 0 Å². The van der Waals surface area contributed by atoms with E-state index in [1.165, 1.54) is 6.07 Å². The largest absolute Gasteiger partial charge is 0.507 e. The number of hydrogen-bond acceptors (Lipinski definition) is 4. The Morgan fingerprint density at radius 1 is 0.957 bits per heavy atom. The number of nitrogens with one attached hydrogen (secondary N) is 2. The fourth-order valence-electron chi connectivity index (χ4n) is 2.24. The molecule has 0 unspecified atom stereocenters. The summed E-state index contributed by atoms with van der Waals surface area (Å²) in [6, 6.07) is 14.7. The van der Waals surface area contributed by atoms with Gasteiger partial charge in [0.1, 0.15) is 11.5 Å². The highest BCUT2D eigenvalue weighted by molar-refractivity contribution is 6.30. The first-order valence-corrected chi connectivity index (χ1v) is 7.19. The zero-order valence-corrected chi connectivity index (χ0v) is 12.6. The second-order valence-corrected chi connectivity index (χ2v) is 5.36. The molecule has 1 amide bonds. The Bertz CT molecular complexity index is 879. The summed E-state index contributed by atoms with van der Waals surface area (Å²) in [7, 11) is 0. The Labute approximate surface area is 137 Å². The van der Waals surface area contributed by atoms with Gasteiger partial charge in [-0.25, -0.2) is 0 Å². The number of halogens is 1. The normalized spacial score (nSPS) is 10.5. The van der Waals surface area contributed by atoms with Crippen LogP contribution in [0, 0.1) is 0 Å². The Morgan fingerprint density at radius 3 is 2.30 bits per heavy atom. The van der Waals surface area contributed by atoms with Gasteiger partial charge in [0, 0.05) is 15.8 Å². The van der Waals surface area contributed by atoms with Gasteiger partial charge in [0.25, 0.3) is 5.91 Å². The van der Waals surface area contributed by atoms with Gasteiger partial charge in [0.15, 0.2) is 0 Å². The summed E-state index contributed by atoms with van der Waals surface area (Å²) < 4.78 is 0. The standard InChI is InChI=1S/C17H13ClN2O3/c18-10-5-7-11(8-6-10)19-20-17(23)14-9-15(21)12-3-1-2-4-13(12)16(14)22/h1-9,19,21-22H,(H,20,23). The van der Waals surface area contributed by atoms with Gasteiger partial charge in [-0.3, -0.25) is 15.6 Å². The lowest BCUT2D eigenvalue weighted by Gasteiger charge is -2.12. The zero-order valence-electron chi connectivity index (χ0n) is 11.9.